The lowest BCUT2D eigenvalue weighted by Gasteiger charge is -2.34. The second-order valence-electron chi connectivity index (χ2n) is 4.88. The largest absolute Gasteiger partial charge is 0.341 e. The van der Waals surface area contributed by atoms with Crippen LogP contribution >= 0.6 is 22.7 Å². The number of amides is 1. The minimum absolute atomic E-state index is 0.237. The van der Waals surface area contributed by atoms with Crippen molar-refractivity contribution in [2.75, 3.05) is 0 Å². The normalized spacial score (nSPS) is 22.5. The van der Waals surface area contributed by atoms with Gasteiger partial charge < -0.3 is 5.32 Å². The van der Waals surface area contributed by atoms with Crippen LogP contribution in [-0.2, 0) is 10.3 Å². The van der Waals surface area contributed by atoms with Crippen LogP contribution in [0.5, 0.6) is 0 Å². The van der Waals surface area contributed by atoms with Crippen molar-refractivity contribution < 1.29 is 4.79 Å². The Balaban J connectivity index is 2.11. The predicted molar refractivity (Wildman–Crippen MR) is 81.3 cm³/mol. The highest BCUT2D eigenvalue weighted by Crippen LogP contribution is 2.40. The molecule has 20 heavy (non-hydrogen) atoms. The van der Waals surface area contributed by atoms with Gasteiger partial charge in [0.05, 0.1) is 5.54 Å². The van der Waals surface area contributed by atoms with Gasteiger partial charge in [-0.2, -0.15) is 5.26 Å². The lowest BCUT2D eigenvalue weighted by Crippen LogP contribution is -2.47. The highest BCUT2D eigenvalue weighted by Gasteiger charge is 2.38. The molecule has 0 bridgehead atoms. The van der Waals surface area contributed by atoms with E-state index in [0.29, 0.717) is 6.42 Å². The Bertz CT molecular complexity index is 708. The van der Waals surface area contributed by atoms with Crippen LogP contribution < -0.4 is 5.32 Å². The van der Waals surface area contributed by atoms with Crippen molar-refractivity contribution in [2.24, 2.45) is 0 Å². The molecule has 0 radical (unpaired) electrons. The molecule has 2 aromatic rings. The number of hydrogen-bond donors (Lipinski definition) is 1. The maximum absolute atomic E-state index is 12.3. The zero-order valence-electron chi connectivity index (χ0n) is 10.8. The smallest absolute Gasteiger partial charge is 0.262 e. The van der Waals surface area contributed by atoms with Gasteiger partial charge in [-0.15, -0.1) is 22.7 Å². The summed E-state index contributed by atoms with van der Waals surface area (Å²) < 4.78 is 0. The Morgan fingerprint density at radius 1 is 1.30 bits per heavy atom. The first-order chi connectivity index (χ1) is 9.64. The van der Waals surface area contributed by atoms with Crippen molar-refractivity contribution >= 4 is 34.2 Å². The molecule has 1 aliphatic heterocycles. The predicted octanol–water partition coefficient (Wildman–Crippen LogP) is 3.52. The number of hydrogen-bond acceptors (Lipinski definition) is 4. The summed E-state index contributed by atoms with van der Waals surface area (Å²) in [6.07, 6.45) is 0.642. The Labute approximate surface area is 125 Å². The molecule has 3 heterocycles. The molecular formula is C15H12N2OS2. The summed E-state index contributed by atoms with van der Waals surface area (Å²) in [7, 11) is 0. The summed E-state index contributed by atoms with van der Waals surface area (Å²) in [4.78, 5) is 14.4. The van der Waals surface area contributed by atoms with Crippen LogP contribution in [0.1, 0.15) is 23.1 Å². The standard InChI is InChI=1S/C15H12N2OS2/c1-15(13-5-3-7-20-13)8-10(12-4-2-6-19-12)11(9-16)14(18)17-15/h2-7H,8H2,1H3,(H,17,18)/t15-/m0/s1. The van der Waals surface area contributed by atoms with Gasteiger partial charge in [0.25, 0.3) is 5.91 Å². The average molecular weight is 300 g/mol. The molecular weight excluding hydrogens is 288 g/mol. The van der Waals surface area contributed by atoms with Crippen molar-refractivity contribution in [3.63, 3.8) is 0 Å². The van der Waals surface area contributed by atoms with Crippen LogP contribution in [0.15, 0.2) is 40.6 Å². The third-order valence-corrected chi connectivity index (χ3v) is 5.51. The molecule has 0 aliphatic carbocycles. The minimum Gasteiger partial charge on any atom is -0.341 e. The first-order valence-corrected chi connectivity index (χ1v) is 7.93. The highest BCUT2D eigenvalue weighted by atomic mass is 32.1. The molecule has 0 unspecified atom stereocenters. The molecule has 0 saturated carbocycles. The van der Waals surface area contributed by atoms with E-state index < -0.39 is 5.54 Å². The van der Waals surface area contributed by atoms with E-state index >= 15 is 0 Å². The van der Waals surface area contributed by atoms with E-state index in [0.717, 1.165) is 15.3 Å². The van der Waals surface area contributed by atoms with Gasteiger partial charge in [0.15, 0.2) is 0 Å². The van der Waals surface area contributed by atoms with Gasteiger partial charge in [-0.25, -0.2) is 0 Å². The summed E-state index contributed by atoms with van der Waals surface area (Å²) in [6, 6.07) is 9.96. The second-order valence-corrected chi connectivity index (χ2v) is 6.78. The summed E-state index contributed by atoms with van der Waals surface area (Å²) in [6.45, 7) is 2.01. The molecule has 1 aliphatic rings. The maximum Gasteiger partial charge on any atom is 0.262 e. The number of rotatable bonds is 2. The summed E-state index contributed by atoms with van der Waals surface area (Å²) in [5.41, 5.74) is 0.647. The van der Waals surface area contributed by atoms with Crippen molar-refractivity contribution in [1.29, 1.82) is 5.26 Å². The molecule has 3 nitrogen and oxygen atoms in total. The molecule has 5 heteroatoms. The Morgan fingerprint density at radius 3 is 2.65 bits per heavy atom. The molecule has 3 rings (SSSR count). The van der Waals surface area contributed by atoms with E-state index in [4.69, 9.17) is 0 Å². The van der Waals surface area contributed by atoms with Gasteiger partial charge in [-0.3, -0.25) is 4.79 Å². The zero-order chi connectivity index (χ0) is 14.2. The third-order valence-electron chi connectivity index (χ3n) is 3.44. The third kappa shape index (κ3) is 2.07. The van der Waals surface area contributed by atoms with Crippen LogP contribution in [0, 0.1) is 11.3 Å². The monoisotopic (exact) mass is 300 g/mol. The molecule has 1 N–H and O–H groups in total. The van der Waals surface area contributed by atoms with Gasteiger partial charge in [0.2, 0.25) is 0 Å². The summed E-state index contributed by atoms with van der Waals surface area (Å²) in [5, 5.41) is 16.2. The maximum atomic E-state index is 12.3. The Morgan fingerprint density at radius 2 is 2.05 bits per heavy atom. The Hall–Kier alpha value is -1.90. The lowest BCUT2D eigenvalue weighted by molar-refractivity contribution is -0.119. The highest BCUT2D eigenvalue weighted by molar-refractivity contribution is 7.11. The van der Waals surface area contributed by atoms with Crippen LogP contribution in [0.25, 0.3) is 5.57 Å². The van der Waals surface area contributed by atoms with E-state index in [1.165, 1.54) is 0 Å². The first-order valence-electron chi connectivity index (χ1n) is 6.18. The fourth-order valence-electron chi connectivity index (χ4n) is 2.46. The SMILES string of the molecule is C[C@@]1(c2cccs2)CC(c2cccs2)=C(C#N)C(=O)N1. The first kappa shape index (κ1) is 13.1. The Kier molecular flexibility index (Phi) is 3.20. The number of carbonyl (C=O) groups excluding carboxylic acids is 1. The van der Waals surface area contributed by atoms with E-state index in [9.17, 15) is 10.1 Å². The zero-order valence-corrected chi connectivity index (χ0v) is 12.5. The molecule has 0 aromatic carbocycles. The molecule has 1 atom stereocenters. The lowest BCUT2D eigenvalue weighted by atomic mass is 9.84. The van der Waals surface area contributed by atoms with Crippen LogP contribution in [0.4, 0.5) is 0 Å². The molecule has 100 valence electrons. The van der Waals surface area contributed by atoms with Gasteiger partial charge in [-0.1, -0.05) is 12.1 Å². The van der Waals surface area contributed by atoms with E-state index in [1.54, 1.807) is 22.7 Å². The number of carbonyl (C=O) groups is 1. The number of nitrogens with one attached hydrogen (secondary N) is 1. The van der Waals surface area contributed by atoms with E-state index in [-0.39, 0.29) is 11.5 Å². The van der Waals surface area contributed by atoms with Crippen LogP contribution in [0.2, 0.25) is 0 Å². The molecule has 0 spiro atoms. The topological polar surface area (TPSA) is 52.9 Å². The molecule has 0 saturated heterocycles. The van der Waals surface area contributed by atoms with E-state index in [1.807, 2.05) is 41.9 Å². The molecule has 0 fully saturated rings. The average Bonchev–Trinajstić information content (AvgIpc) is 3.12. The summed E-state index contributed by atoms with van der Waals surface area (Å²) >= 11 is 3.18. The number of nitriles is 1. The fraction of sp³-hybridized carbons (Fsp3) is 0.200. The quantitative estimate of drug-likeness (QED) is 0.922. The van der Waals surface area contributed by atoms with Gasteiger partial charge in [-0.05, 0) is 35.4 Å². The van der Waals surface area contributed by atoms with Crippen LogP contribution in [-0.4, -0.2) is 5.91 Å². The molecule has 1 amide bonds. The summed E-state index contributed by atoms with van der Waals surface area (Å²) in [5.74, 6) is -0.280. The van der Waals surface area contributed by atoms with Crippen molar-refractivity contribution in [3.8, 4) is 6.07 Å². The second kappa shape index (κ2) is 4.89. The van der Waals surface area contributed by atoms with Gasteiger partial charge in [0, 0.05) is 16.2 Å². The number of thiophene rings is 2. The van der Waals surface area contributed by atoms with Crippen LogP contribution in [0.3, 0.4) is 0 Å². The minimum atomic E-state index is -0.440. The van der Waals surface area contributed by atoms with Crippen molar-refractivity contribution in [3.05, 3.63) is 50.4 Å². The van der Waals surface area contributed by atoms with Gasteiger partial charge >= 0.3 is 0 Å². The number of nitrogens with zero attached hydrogens (tertiary/aromatic N) is 1. The fourth-order valence-corrected chi connectivity index (χ4v) is 4.08. The van der Waals surface area contributed by atoms with Crippen molar-refractivity contribution in [1.82, 2.24) is 5.32 Å². The molecule has 2 aromatic heterocycles. The van der Waals surface area contributed by atoms with E-state index in [2.05, 4.69) is 11.4 Å². The van der Waals surface area contributed by atoms with Crippen molar-refractivity contribution in [2.45, 2.75) is 18.9 Å². The van der Waals surface area contributed by atoms with Gasteiger partial charge in [0.1, 0.15) is 11.6 Å².